The van der Waals surface area contributed by atoms with Crippen LogP contribution in [-0.4, -0.2) is 10.9 Å². The van der Waals surface area contributed by atoms with Gasteiger partial charge in [0.1, 0.15) is 4.99 Å². The van der Waals surface area contributed by atoms with Crippen LogP contribution in [-0.2, 0) is 6.54 Å². The minimum atomic E-state index is -0.0641. The van der Waals surface area contributed by atoms with Crippen LogP contribution in [0, 0.1) is 0 Å². The summed E-state index contributed by atoms with van der Waals surface area (Å²) in [4.78, 5) is 12.8. The molecular weight excluding hydrogens is 264 g/mol. The fourth-order valence-corrected chi connectivity index (χ4v) is 2.28. The van der Waals surface area contributed by atoms with Crippen molar-refractivity contribution in [2.45, 2.75) is 6.54 Å². The van der Waals surface area contributed by atoms with Crippen molar-refractivity contribution >= 4 is 34.5 Å². The third kappa shape index (κ3) is 3.15. The van der Waals surface area contributed by atoms with Gasteiger partial charge in [0.25, 0.3) is 5.91 Å². The number of carbonyl (C=O) groups is 1. The van der Waals surface area contributed by atoms with Gasteiger partial charge in [0, 0.05) is 12.1 Å². The predicted octanol–water partition coefficient (Wildman–Crippen LogP) is 2.31. The summed E-state index contributed by atoms with van der Waals surface area (Å²) in [6, 6.07) is 11.2. The standard InChI is InChI=1S/C13H12N2OS2/c14-12(17)10-4-1-3-9(7-10)8-15-13(16)11-5-2-6-18-11/h1-7H,8H2,(H2,14,17)(H,15,16). The van der Waals surface area contributed by atoms with Crippen molar-refractivity contribution in [3.63, 3.8) is 0 Å². The molecule has 0 aliphatic carbocycles. The van der Waals surface area contributed by atoms with E-state index in [1.165, 1.54) is 11.3 Å². The van der Waals surface area contributed by atoms with Crippen LogP contribution in [0.1, 0.15) is 20.8 Å². The van der Waals surface area contributed by atoms with Gasteiger partial charge in [-0.05, 0) is 23.1 Å². The molecule has 5 heteroatoms. The molecule has 1 aromatic heterocycles. The van der Waals surface area contributed by atoms with Gasteiger partial charge in [-0.3, -0.25) is 4.79 Å². The van der Waals surface area contributed by atoms with E-state index >= 15 is 0 Å². The number of hydrogen-bond donors (Lipinski definition) is 2. The fraction of sp³-hybridized carbons (Fsp3) is 0.0769. The zero-order valence-corrected chi connectivity index (χ0v) is 11.2. The van der Waals surface area contributed by atoms with Crippen LogP contribution in [0.4, 0.5) is 0 Å². The molecule has 0 fully saturated rings. The average Bonchev–Trinajstić information content (AvgIpc) is 2.90. The third-order valence-corrected chi connectivity index (χ3v) is 3.51. The molecule has 0 unspecified atom stereocenters. The first-order valence-electron chi connectivity index (χ1n) is 5.37. The topological polar surface area (TPSA) is 55.1 Å². The molecule has 0 bridgehead atoms. The Morgan fingerprint density at radius 3 is 2.83 bits per heavy atom. The Morgan fingerprint density at radius 1 is 1.33 bits per heavy atom. The summed E-state index contributed by atoms with van der Waals surface area (Å²) < 4.78 is 0. The van der Waals surface area contributed by atoms with Crippen LogP contribution >= 0.6 is 23.6 Å². The number of thiophene rings is 1. The van der Waals surface area contributed by atoms with Gasteiger partial charge >= 0.3 is 0 Å². The van der Waals surface area contributed by atoms with Crippen molar-refractivity contribution in [3.05, 3.63) is 57.8 Å². The second kappa shape index (κ2) is 5.75. The summed E-state index contributed by atoms with van der Waals surface area (Å²) in [6.45, 7) is 0.465. The highest BCUT2D eigenvalue weighted by atomic mass is 32.1. The smallest absolute Gasteiger partial charge is 0.261 e. The number of nitrogens with two attached hydrogens (primary N) is 1. The second-order valence-corrected chi connectivity index (χ2v) is 5.11. The molecule has 1 amide bonds. The molecule has 92 valence electrons. The second-order valence-electron chi connectivity index (χ2n) is 3.72. The first-order valence-corrected chi connectivity index (χ1v) is 6.66. The van der Waals surface area contributed by atoms with E-state index in [4.69, 9.17) is 18.0 Å². The van der Waals surface area contributed by atoms with Crippen LogP contribution in [0.3, 0.4) is 0 Å². The van der Waals surface area contributed by atoms with Crippen molar-refractivity contribution in [1.29, 1.82) is 0 Å². The van der Waals surface area contributed by atoms with Crippen molar-refractivity contribution in [3.8, 4) is 0 Å². The quantitative estimate of drug-likeness (QED) is 0.843. The number of benzene rings is 1. The molecule has 0 aliphatic heterocycles. The van der Waals surface area contributed by atoms with E-state index in [0.29, 0.717) is 16.4 Å². The Balaban J connectivity index is 2.00. The monoisotopic (exact) mass is 276 g/mol. The van der Waals surface area contributed by atoms with Gasteiger partial charge in [0.05, 0.1) is 4.88 Å². The first-order chi connectivity index (χ1) is 8.66. The van der Waals surface area contributed by atoms with Gasteiger partial charge in [0.15, 0.2) is 0 Å². The number of carbonyl (C=O) groups excluding carboxylic acids is 1. The fourth-order valence-electron chi connectivity index (χ4n) is 1.51. The minimum absolute atomic E-state index is 0.0641. The van der Waals surface area contributed by atoms with Gasteiger partial charge in [-0.1, -0.05) is 36.5 Å². The summed E-state index contributed by atoms with van der Waals surface area (Å²) in [6.07, 6.45) is 0. The maximum absolute atomic E-state index is 11.7. The van der Waals surface area contributed by atoms with Crippen molar-refractivity contribution in [2.24, 2.45) is 5.73 Å². The molecule has 0 atom stereocenters. The number of thiocarbonyl (C=S) groups is 1. The molecule has 0 radical (unpaired) electrons. The first kappa shape index (κ1) is 12.7. The maximum Gasteiger partial charge on any atom is 0.261 e. The molecule has 2 rings (SSSR count). The Labute approximate surface area is 115 Å². The lowest BCUT2D eigenvalue weighted by Gasteiger charge is -2.05. The normalized spacial score (nSPS) is 10.0. The summed E-state index contributed by atoms with van der Waals surface area (Å²) in [5, 5.41) is 4.73. The van der Waals surface area contributed by atoms with E-state index in [1.54, 1.807) is 6.07 Å². The number of hydrogen-bond acceptors (Lipinski definition) is 3. The van der Waals surface area contributed by atoms with Gasteiger partial charge < -0.3 is 11.1 Å². The number of amides is 1. The van der Waals surface area contributed by atoms with Crippen LogP contribution < -0.4 is 11.1 Å². The lowest BCUT2D eigenvalue weighted by atomic mass is 10.1. The Kier molecular flexibility index (Phi) is 4.07. The van der Waals surface area contributed by atoms with E-state index in [2.05, 4.69) is 5.32 Å². The van der Waals surface area contributed by atoms with Gasteiger partial charge in [-0.15, -0.1) is 11.3 Å². The van der Waals surface area contributed by atoms with Crippen LogP contribution in [0.5, 0.6) is 0 Å². The number of nitrogens with one attached hydrogen (secondary N) is 1. The lowest BCUT2D eigenvalue weighted by molar-refractivity contribution is 0.0955. The highest BCUT2D eigenvalue weighted by Gasteiger charge is 2.06. The van der Waals surface area contributed by atoms with Gasteiger partial charge in [0.2, 0.25) is 0 Å². The molecule has 0 spiro atoms. The van der Waals surface area contributed by atoms with Crippen LogP contribution in [0.25, 0.3) is 0 Å². The highest BCUT2D eigenvalue weighted by Crippen LogP contribution is 2.09. The van der Waals surface area contributed by atoms with E-state index < -0.39 is 0 Å². The summed E-state index contributed by atoms with van der Waals surface area (Å²) in [5.41, 5.74) is 7.35. The number of rotatable bonds is 4. The summed E-state index contributed by atoms with van der Waals surface area (Å²) in [7, 11) is 0. The zero-order chi connectivity index (χ0) is 13.0. The van der Waals surface area contributed by atoms with Crippen LogP contribution in [0.2, 0.25) is 0 Å². The molecule has 0 saturated heterocycles. The molecule has 2 aromatic rings. The molecule has 0 saturated carbocycles. The Hall–Kier alpha value is -1.72. The molecule has 3 N–H and O–H groups in total. The highest BCUT2D eigenvalue weighted by molar-refractivity contribution is 7.80. The Bertz CT molecular complexity index is 564. The van der Waals surface area contributed by atoms with E-state index in [-0.39, 0.29) is 5.91 Å². The van der Waals surface area contributed by atoms with Gasteiger partial charge in [-0.25, -0.2) is 0 Å². The molecule has 0 aliphatic rings. The molecule has 3 nitrogen and oxygen atoms in total. The average molecular weight is 276 g/mol. The summed E-state index contributed by atoms with van der Waals surface area (Å²) in [5.74, 6) is -0.0641. The zero-order valence-electron chi connectivity index (χ0n) is 9.55. The van der Waals surface area contributed by atoms with Crippen molar-refractivity contribution in [1.82, 2.24) is 5.32 Å². The lowest BCUT2D eigenvalue weighted by Crippen LogP contribution is -2.22. The predicted molar refractivity (Wildman–Crippen MR) is 77.8 cm³/mol. The maximum atomic E-state index is 11.7. The van der Waals surface area contributed by atoms with E-state index in [1.807, 2.05) is 35.7 Å². The molecule has 1 aromatic carbocycles. The van der Waals surface area contributed by atoms with Crippen LogP contribution in [0.15, 0.2) is 41.8 Å². The largest absolute Gasteiger partial charge is 0.389 e. The third-order valence-electron chi connectivity index (χ3n) is 2.41. The van der Waals surface area contributed by atoms with Gasteiger partial charge in [-0.2, -0.15) is 0 Å². The Morgan fingerprint density at radius 2 is 2.17 bits per heavy atom. The van der Waals surface area contributed by atoms with E-state index in [9.17, 15) is 4.79 Å². The SMILES string of the molecule is NC(=S)c1cccc(CNC(=O)c2cccs2)c1. The van der Waals surface area contributed by atoms with E-state index in [0.717, 1.165) is 11.1 Å². The van der Waals surface area contributed by atoms with Crippen molar-refractivity contribution in [2.75, 3.05) is 0 Å². The molecule has 1 heterocycles. The summed E-state index contributed by atoms with van der Waals surface area (Å²) >= 11 is 6.34. The molecular formula is C13H12N2OS2. The van der Waals surface area contributed by atoms with Crippen molar-refractivity contribution < 1.29 is 4.79 Å². The minimum Gasteiger partial charge on any atom is -0.389 e. The molecule has 18 heavy (non-hydrogen) atoms.